The van der Waals surface area contributed by atoms with E-state index in [0.717, 1.165) is 61.0 Å². The number of aromatic nitrogens is 3. The molecule has 3 aromatic heterocycles. The number of fused-ring (bicyclic) bond motifs is 19. The van der Waals surface area contributed by atoms with E-state index in [0.29, 0.717) is 58.4 Å². The van der Waals surface area contributed by atoms with Crippen LogP contribution in [0.2, 0.25) is 0 Å². The molecule has 15 nitrogen and oxygen atoms in total. The number of anilines is 2. The molecule has 0 saturated heterocycles. The van der Waals surface area contributed by atoms with E-state index in [4.69, 9.17) is 34.9 Å². The summed E-state index contributed by atoms with van der Waals surface area (Å²) in [5, 5.41) is 24.0. The first-order chi connectivity index (χ1) is 33.5. The summed E-state index contributed by atoms with van der Waals surface area (Å²) in [6.07, 6.45) is 6.40. The Morgan fingerprint density at radius 3 is 1.84 bits per heavy atom. The number of carbonyl (C=O) groups is 4. The lowest BCUT2D eigenvalue weighted by Gasteiger charge is -2.12. The van der Waals surface area contributed by atoms with Crippen LogP contribution in [-0.4, -0.2) is 67.1 Å². The summed E-state index contributed by atoms with van der Waals surface area (Å²) < 4.78 is 4.74. The Morgan fingerprint density at radius 1 is 0.638 bits per heavy atom. The molecule has 0 fully saturated rings. The highest BCUT2D eigenvalue weighted by molar-refractivity contribution is 6.23. The maximum absolute atomic E-state index is 13.5. The summed E-state index contributed by atoms with van der Waals surface area (Å²) in [5.41, 5.74) is 7.05. The molecule has 0 spiro atoms. The van der Waals surface area contributed by atoms with Crippen LogP contribution in [0, 0.1) is 0 Å². The van der Waals surface area contributed by atoms with Crippen molar-refractivity contribution >= 4 is 85.8 Å². The number of carboxylic acid groups (broad SMARTS) is 2. The molecule has 6 N–H and O–H groups in total. The number of aliphatic carboxylic acids is 1. The number of carboxylic acids is 2. The van der Waals surface area contributed by atoms with E-state index in [9.17, 15) is 19.2 Å². The van der Waals surface area contributed by atoms with Crippen LogP contribution in [-0.2, 0) is 16.0 Å². The number of aromatic carboxylic acids is 1. The number of aliphatic imine (C=N–C) groups is 2. The fourth-order valence-electron chi connectivity index (χ4n) is 7.91. The topological polar surface area (TPSA) is 227 Å². The van der Waals surface area contributed by atoms with Gasteiger partial charge in [-0.25, -0.2) is 34.4 Å². The first kappa shape index (κ1) is 44.7. The number of nitrogens with zero attached hydrogens (tertiary/aromatic N) is 4. The van der Waals surface area contributed by atoms with E-state index >= 15 is 0 Å². The molecule has 3 aliphatic rings. The first-order valence-electron chi connectivity index (χ1n) is 21.8. The zero-order chi connectivity index (χ0) is 48.2. The van der Waals surface area contributed by atoms with Gasteiger partial charge in [-0.3, -0.25) is 4.79 Å². The largest absolute Gasteiger partial charge is 0.478 e. The standard InChI is InChI=1S/C40H26N8O.C10H10O4.C4H6O2/c49-31(22-11-2-1-3-12-22)21-23-13-10-20-30-32(23)40-47-38-29-19-9-8-18-28(29)36(45-38)43-34-25-15-5-4-14-24(25)33(41-34)42-35-26-16-6-7-17-27(26)37(44-35)46-39(30)48-40;1-2-14-10(13)8-5-3-7(4-6-8)9(11)12;1-3(2)4(5)6/h1-19,21,44,46,48H,20H2,(H,41,42,43,45,47);3-6H,2H2,1H3,(H,11,12);1H2,2H3,(H,5,6). The Balaban J connectivity index is 0.000000249. The van der Waals surface area contributed by atoms with Crippen LogP contribution >= 0.6 is 0 Å². The van der Waals surface area contributed by atoms with Crippen LogP contribution in [0.5, 0.6) is 0 Å². The minimum Gasteiger partial charge on any atom is -0.478 e. The maximum Gasteiger partial charge on any atom is 0.338 e. The normalized spacial score (nSPS) is 13.9. The monoisotopic (exact) mass is 914 g/mol. The lowest BCUT2D eigenvalue weighted by Crippen LogP contribution is -2.13. The van der Waals surface area contributed by atoms with Crippen molar-refractivity contribution in [2.45, 2.75) is 20.3 Å². The van der Waals surface area contributed by atoms with Crippen molar-refractivity contribution in [1.82, 2.24) is 15.0 Å². The molecule has 1 aliphatic carbocycles. The lowest BCUT2D eigenvalue weighted by atomic mass is 9.93. The molecular weight excluding hydrogens is 873 g/mol. The summed E-state index contributed by atoms with van der Waals surface area (Å²) in [7, 11) is 0. The van der Waals surface area contributed by atoms with Gasteiger partial charge in [-0.2, -0.15) is 0 Å². The van der Waals surface area contributed by atoms with Gasteiger partial charge in [0.15, 0.2) is 17.5 Å². The number of hydrogen-bond donors (Lipinski definition) is 6. The third-order valence-electron chi connectivity index (χ3n) is 11.2. The van der Waals surface area contributed by atoms with E-state index < -0.39 is 17.9 Å². The van der Waals surface area contributed by atoms with Crippen molar-refractivity contribution in [2.75, 3.05) is 11.9 Å². The van der Waals surface area contributed by atoms with Crippen molar-refractivity contribution in [3.8, 4) is 0 Å². The van der Waals surface area contributed by atoms with Gasteiger partial charge >= 0.3 is 17.9 Å². The van der Waals surface area contributed by atoms with Crippen molar-refractivity contribution in [3.63, 3.8) is 0 Å². The summed E-state index contributed by atoms with van der Waals surface area (Å²) in [6.45, 7) is 6.62. The van der Waals surface area contributed by atoms with Crippen LogP contribution in [0.1, 0.15) is 67.2 Å². The van der Waals surface area contributed by atoms with Gasteiger partial charge in [0.2, 0.25) is 0 Å². The molecule has 15 heteroatoms. The zero-order valence-electron chi connectivity index (χ0n) is 37.2. The molecule has 0 atom stereocenters. The number of esters is 1. The predicted molar refractivity (Wildman–Crippen MR) is 265 cm³/mol. The van der Waals surface area contributed by atoms with E-state index in [-0.39, 0.29) is 16.9 Å². The Labute approximate surface area is 393 Å². The fourth-order valence-corrected chi connectivity index (χ4v) is 7.91. The highest BCUT2D eigenvalue weighted by Crippen LogP contribution is 2.42. The van der Waals surface area contributed by atoms with Gasteiger partial charge in [-0.05, 0) is 56.2 Å². The SMILES string of the molecule is C=C(C)C(=O)O.CCOC(=O)c1ccc(C(=O)O)cc1.O=C(C=C1C=CCc2c3[nH]c(c21)N=C1N=C(N=c2[nH]/c(c4ccccc24)=N\c2[nH]c(c4ccccc24)N3)c2ccccc21)c1ccccc1. The van der Waals surface area contributed by atoms with Gasteiger partial charge in [-0.15, -0.1) is 0 Å². The molecule has 11 rings (SSSR count). The third kappa shape index (κ3) is 9.20. The number of allylic oxidation sites excluding steroid dienone is 4. The number of nitrogens with one attached hydrogen (secondary N) is 4. The van der Waals surface area contributed by atoms with Crippen LogP contribution in [0.25, 0.3) is 27.1 Å². The third-order valence-corrected chi connectivity index (χ3v) is 11.2. The second-order valence-corrected chi connectivity index (χ2v) is 15.9. The quantitative estimate of drug-likeness (QED) is 0.0533. The van der Waals surface area contributed by atoms with E-state index in [1.807, 2.05) is 97.1 Å². The minimum atomic E-state index is -1.01. The van der Waals surface area contributed by atoms with Crippen molar-refractivity contribution in [2.24, 2.45) is 20.0 Å². The molecule has 0 saturated carbocycles. The van der Waals surface area contributed by atoms with E-state index in [1.54, 1.807) is 13.0 Å². The number of ether oxygens (including phenoxy) is 1. The van der Waals surface area contributed by atoms with Crippen molar-refractivity contribution in [3.05, 3.63) is 208 Å². The molecule has 5 heterocycles. The van der Waals surface area contributed by atoms with Gasteiger partial charge in [0, 0.05) is 54.9 Å². The smallest absolute Gasteiger partial charge is 0.338 e. The van der Waals surface area contributed by atoms with Gasteiger partial charge in [0.25, 0.3) is 0 Å². The number of benzene rings is 5. The number of amidine groups is 2. The number of hydrogen-bond acceptors (Lipinski definition) is 10. The van der Waals surface area contributed by atoms with E-state index in [2.05, 4.69) is 45.1 Å². The molecule has 0 radical (unpaired) electrons. The highest BCUT2D eigenvalue weighted by atomic mass is 16.5. The summed E-state index contributed by atoms with van der Waals surface area (Å²) in [6, 6.07) is 39.1. The Hall–Kier alpha value is -9.50. The van der Waals surface area contributed by atoms with Gasteiger partial charge in [0.1, 0.15) is 34.2 Å². The summed E-state index contributed by atoms with van der Waals surface area (Å²) in [5.74, 6) is 1.50. The second-order valence-electron chi connectivity index (χ2n) is 15.9. The summed E-state index contributed by atoms with van der Waals surface area (Å²) in [4.78, 5) is 75.7. The molecule has 5 aromatic carbocycles. The van der Waals surface area contributed by atoms with Gasteiger partial charge < -0.3 is 35.2 Å². The molecule has 0 amide bonds. The molecule has 340 valence electrons. The Kier molecular flexibility index (Phi) is 12.4. The number of aromatic amines is 3. The minimum absolute atomic E-state index is 0.0786. The molecule has 0 unspecified atom stereocenters. The lowest BCUT2D eigenvalue weighted by molar-refractivity contribution is -0.132. The number of ketones is 1. The molecule has 8 aromatic rings. The predicted octanol–water partition coefficient (Wildman–Crippen LogP) is 9.73. The highest BCUT2D eigenvalue weighted by Gasteiger charge is 2.27. The first-order valence-corrected chi connectivity index (χ1v) is 21.8. The fraction of sp³-hybridized carbons (Fsp3) is 0.0741. The number of H-pyrrole nitrogens is 3. The Morgan fingerprint density at radius 2 is 1.20 bits per heavy atom. The van der Waals surface area contributed by atoms with Crippen LogP contribution in [0.3, 0.4) is 0 Å². The van der Waals surface area contributed by atoms with Crippen LogP contribution in [0.4, 0.5) is 23.3 Å². The number of carbonyl (C=O) groups excluding carboxylic acids is 2. The molecule has 8 bridgehead atoms. The average molecular weight is 915 g/mol. The van der Waals surface area contributed by atoms with Gasteiger partial charge in [-0.1, -0.05) is 122 Å². The molecular formula is C54H42N8O7. The summed E-state index contributed by atoms with van der Waals surface area (Å²) >= 11 is 0. The van der Waals surface area contributed by atoms with Crippen LogP contribution in [0.15, 0.2) is 178 Å². The Bertz CT molecular complexity index is 3640. The second kappa shape index (κ2) is 19.1. The van der Waals surface area contributed by atoms with Gasteiger partial charge in [0.05, 0.1) is 17.7 Å². The molecule has 69 heavy (non-hydrogen) atoms. The maximum atomic E-state index is 13.5. The molecule has 2 aliphatic heterocycles. The zero-order valence-corrected chi connectivity index (χ0v) is 37.2. The van der Waals surface area contributed by atoms with Crippen molar-refractivity contribution in [1.29, 1.82) is 0 Å². The van der Waals surface area contributed by atoms with Crippen LogP contribution < -0.4 is 16.3 Å². The van der Waals surface area contributed by atoms with Crippen molar-refractivity contribution < 1.29 is 34.1 Å². The van der Waals surface area contributed by atoms with E-state index in [1.165, 1.54) is 31.2 Å². The average Bonchev–Trinajstić information content (AvgIpc) is 4.11. The number of rotatable bonds is 6.